The van der Waals surface area contributed by atoms with Gasteiger partial charge in [-0.15, -0.1) is 0 Å². The second kappa shape index (κ2) is 7.52. The van der Waals surface area contributed by atoms with Gasteiger partial charge in [-0.2, -0.15) is 0 Å². The fourth-order valence-corrected chi connectivity index (χ4v) is 7.01. The number of fused-ring (bicyclic) bond motifs is 2. The van der Waals surface area contributed by atoms with Crippen LogP contribution in [0.4, 0.5) is 5.13 Å². The van der Waals surface area contributed by atoms with Crippen LogP contribution in [-0.4, -0.2) is 55.7 Å². The lowest BCUT2D eigenvalue weighted by Gasteiger charge is -2.58. The van der Waals surface area contributed by atoms with Crippen LogP contribution in [0.15, 0.2) is 17.1 Å². The molecule has 29 heavy (non-hydrogen) atoms. The Labute approximate surface area is 176 Å². The van der Waals surface area contributed by atoms with E-state index in [1.54, 1.807) is 29.6 Å². The molecule has 1 saturated heterocycles. The molecule has 0 unspecified atom stereocenters. The zero-order valence-corrected chi connectivity index (χ0v) is 18.2. The average Bonchev–Trinajstić information content (AvgIpc) is 3.10. The number of nitrogens with two attached hydrogens (primary N) is 1. The molecule has 2 bridgehead atoms. The summed E-state index contributed by atoms with van der Waals surface area (Å²) in [6.45, 7) is 2.33. The van der Waals surface area contributed by atoms with Gasteiger partial charge in [-0.05, 0) is 68.5 Å². The molecule has 3 atom stereocenters. The van der Waals surface area contributed by atoms with E-state index in [9.17, 15) is 0 Å². The van der Waals surface area contributed by atoms with Crippen molar-refractivity contribution in [1.82, 2.24) is 9.88 Å². The maximum Gasteiger partial charge on any atom is 0.195 e. The van der Waals surface area contributed by atoms with Crippen molar-refractivity contribution >= 4 is 32.6 Å². The van der Waals surface area contributed by atoms with Crippen molar-refractivity contribution < 1.29 is 4.74 Å². The Morgan fingerprint density at radius 1 is 1.41 bits per heavy atom. The van der Waals surface area contributed by atoms with Crippen LogP contribution in [0.2, 0.25) is 0 Å². The molecule has 0 spiro atoms. The van der Waals surface area contributed by atoms with E-state index < -0.39 is 0 Å². The SMILES string of the molecule is COCCN=C(N)Nc1nc2cc3c(cc2s1)C[C@@H]1[C@@H]2CCCC[C@]32CCN1C. The molecule has 2 heterocycles. The molecule has 3 N–H and O–H groups in total. The summed E-state index contributed by atoms with van der Waals surface area (Å²) in [7, 11) is 3.99. The predicted octanol–water partition coefficient (Wildman–Crippen LogP) is 3.36. The number of piperidine rings is 1. The summed E-state index contributed by atoms with van der Waals surface area (Å²) < 4.78 is 6.26. The van der Waals surface area contributed by atoms with Gasteiger partial charge in [0, 0.05) is 18.6 Å². The van der Waals surface area contributed by atoms with Crippen LogP contribution in [0.5, 0.6) is 0 Å². The monoisotopic (exact) mass is 413 g/mol. The van der Waals surface area contributed by atoms with Gasteiger partial charge in [-0.1, -0.05) is 24.2 Å². The topological polar surface area (TPSA) is 75.8 Å². The third-order valence-corrected chi connectivity index (χ3v) is 8.36. The number of thiazole rings is 1. The van der Waals surface area contributed by atoms with Gasteiger partial charge in [0.15, 0.2) is 11.1 Å². The van der Waals surface area contributed by atoms with E-state index in [1.165, 1.54) is 49.8 Å². The molecule has 2 aromatic rings. The number of hydrogen-bond acceptors (Lipinski definition) is 5. The number of aromatic nitrogens is 1. The number of guanidine groups is 1. The maximum absolute atomic E-state index is 6.01. The zero-order chi connectivity index (χ0) is 20.0. The van der Waals surface area contributed by atoms with Crippen LogP contribution < -0.4 is 11.1 Å². The van der Waals surface area contributed by atoms with Gasteiger partial charge < -0.3 is 20.7 Å². The van der Waals surface area contributed by atoms with E-state index in [1.807, 2.05) is 0 Å². The Morgan fingerprint density at radius 3 is 3.17 bits per heavy atom. The third-order valence-electron chi connectivity index (χ3n) is 7.43. The third kappa shape index (κ3) is 3.23. The van der Waals surface area contributed by atoms with Gasteiger partial charge in [0.05, 0.1) is 23.4 Å². The Balaban J connectivity index is 1.50. The van der Waals surface area contributed by atoms with Gasteiger partial charge in [-0.25, -0.2) is 4.98 Å². The Morgan fingerprint density at radius 2 is 2.31 bits per heavy atom. The predicted molar refractivity (Wildman–Crippen MR) is 120 cm³/mol. The summed E-state index contributed by atoms with van der Waals surface area (Å²) in [6, 6.07) is 5.51. The molecule has 2 aliphatic carbocycles. The van der Waals surface area contributed by atoms with E-state index in [0.717, 1.165) is 16.6 Å². The van der Waals surface area contributed by atoms with Crippen molar-refractivity contribution in [2.75, 3.05) is 39.2 Å². The van der Waals surface area contributed by atoms with Gasteiger partial charge in [-0.3, -0.25) is 4.99 Å². The molecule has 3 aliphatic rings. The summed E-state index contributed by atoms with van der Waals surface area (Å²) in [5, 5.41) is 3.98. The quantitative estimate of drug-likeness (QED) is 0.457. The summed E-state index contributed by atoms with van der Waals surface area (Å²) in [4.78, 5) is 11.8. The Bertz CT molecular complexity index is 941. The van der Waals surface area contributed by atoms with Gasteiger partial charge in [0.25, 0.3) is 0 Å². The zero-order valence-electron chi connectivity index (χ0n) is 17.4. The Hall–Kier alpha value is -1.70. The van der Waals surface area contributed by atoms with Crippen LogP contribution in [0.3, 0.4) is 0 Å². The summed E-state index contributed by atoms with van der Waals surface area (Å²) in [6.07, 6.45) is 7.94. The van der Waals surface area contributed by atoms with Crippen molar-refractivity contribution in [2.45, 2.75) is 50.0 Å². The number of likely N-dealkylation sites (tertiary alicyclic amines) is 1. The highest BCUT2D eigenvalue weighted by Crippen LogP contribution is 2.56. The Kier molecular flexibility index (Phi) is 5.00. The molecular weight excluding hydrogens is 382 g/mol. The first-order valence-corrected chi connectivity index (χ1v) is 11.6. The van der Waals surface area contributed by atoms with Gasteiger partial charge in [0.1, 0.15) is 0 Å². The van der Waals surface area contributed by atoms with Crippen LogP contribution in [0.1, 0.15) is 43.2 Å². The van der Waals surface area contributed by atoms with E-state index in [4.69, 9.17) is 15.5 Å². The van der Waals surface area contributed by atoms with Gasteiger partial charge in [0.2, 0.25) is 0 Å². The number of hydrogen-bond donors (Lipinski definition) is 2. The molecule has 1 aliphatic heterocycles. The summed E-state index contributed by atoms with van der Waals surface area (Å²) in [5.41, 5.74) is 10.6. The molecule has 0 amide bonds. The smallest absolute Gasteiger partial charge is 0.195 e. The van der Waals surface area contributed by atoms with Crippen molar-refractivity contribution in [1.29, 1.82) is 0 Å². The normalized spacial score (nSPS) is 29.5. The lowest BCUT2D eigenvalue weighted by Crippen LogP contribution is -2.59. The van der Waals surface area contributed by atoms with E-state index in [0.29, 0.717) is 30.6 Å². The first-order valence-electron chi connectivity index (χ1n) is 10.8. The standard InChI is InChI=1S/C22H31N5OS/c1-27-9-7-22-6-4-3-5-15(22)18(27)11-14-12-19-17(13-16(14)22)25-21(29-19)26-20(23)24-8-10-28-2/h12-13,15,18H,3-11H2,1-2H3,(H3,23,24,25,26)/t15-,18+,22+/m0/s1. The molecule has 1 saturated carbocycles. The maximum atomic E-state index is 6.01. The van der Waals surface area contributed by atoms with Crippen LogP contribution in [0.25, 0.3) is 10.2 Å². The van der Waals surface area contributed by atoms with Gasteiger partial charge >= 0.3 is 0 Å². The minimum absolute atomic E-state index is 0.370. The van der Waals surface area contributed by atoms with Crippen LogP contribution >= 0.6 is 11.3 Å². The molecule has 0 radical (unpaired) electrons. The number of methoxy groups -OCH3 is 1. The van der Waals surface area contributed by atoms with Crippen molar-refractivity contribution in [2.24, 2.45) is 16.6 Å². The molecule has 5 rings (SSSR count). The van der Waals surface area contributed by atoms with Crippen LogP contribution in [-0.2, 0) is 16.6 Å². The number of ether oxygens (including phenoxy) is 1. The second-order valence-corrected chi connectivity index (χ2v) is 9.92. The highest BCUT2D eigenvalue weighted by molar-refractivity contribution is 7.22. The second-order valence-electron chi connectivity index (χ2n) is 8.89. The summed E-state index contributed by atoms with van der Waals surface area (Å²) >= 11 is 1.67. The highest BCUT2D eigenvalue weighted by Gasteiger charge is 2.53. The van der Waals surface area contributed by atoms with Crippen molar-refractivity contribution in [3.63, 3.8) is 0 Å². The molecule has 2 fully saturated rings. The minimum Gasteiger partial charge on any atom is -0.383 e. The summed E-state index contributed by atoms with van der Waals surface area (Å²) in [5.74, 6) is 1.20. The number of nitrogens with one attached hydrogen (secondary N) is 1. The number of benzene rings is 1. The van der Waals surface area contributed by atoms with E-state index in [2.05, 4.69) is 34.4 Å². The first kappa shape index (κ1) is 19.3. The van der Waals surface area contributed by atoms with Crippen LogP contribution in [0, 0.1) is 5.92 Å². The fourth-order valence-electron chi connectivity index (χ4n) is 6.09. The number of likely N-dealkylation sites (N-methyl/N-ethyl adjacent to an activating group) is 1. The molecular formula is C22H31N5OS. The number of nitrogens with zero attached hydrogens (tertiary/aromatic N) is 3. The van der Waals surface area contributed by atoms with Crippen molar-refractivity contribution in [3.05, 3.63) is 23.3 Å². The molecule has 156 valence electrons. The average molecular weight is 414 g/mol. The minimum atomic E-state index is 0.370. The number of anilines is 1. The lowest BCUT2D eigenvalue weighted by atomic mass is 9.52. The van der Waals surface area contributed by atoms with E-state index >= 15 is 0 Å². The number of rotatable bonds is 4. The molecule has 6 nitrogen and oxygen atoms in total. The number of aliphatic imine (C=N–C) groups is 1. The molecule has 1 aromatic carbocycles. The van der Waals surface area contributed by atoms with E-state index in [-0.39, 0.29) is 0 Å². The largest absolute Gasteiger partial charge is 0.383 e. The first-order chi connectivity index (χ1) is 14.1. The van der Waals surface area contributed by atoms with Crippen molar-refractivity contribution in [3.8, 4) is 0 Å². The highest BCUT2D eigenvalue weighted by atomic mass is 32.1. The fraction of sp³-hybridized carbons (Fsp3) is 0.636. The molecule has 1 aromatic heterocycles. The lowest BCUT2D eigenvalue weighted by molar-refractivity contribution is 0.00298. The molecule has 7 heteroatoms.